The predicted octanol–water partition coefficient (Wildman–Crippen LogP) is -4.85. The molecule has 130 valence electrons. The molecule has 4 amide bonds. The minimum Gasteiger partial charge on any atom is -0.691 e. The molecular weight excluding hydrogens is 371 g/mol. The van der Waals surface area contributed by atoms with E-state index in [0.717, 1.165) is 17.1 Å². The van der Waals surface area contributed by atoms with Gasteiger partial charge < -0.3 is 10.1 Å². The van der Waals surface area contributed by atoms with Crippen LogP contribution in [0.2, 0.25) is 0 Å². The van der Waals surface area contributed by atoms with E-state index in [2.05, 4.69) is 14.2 Å². The van der Waals surface area contributed by atoms with E-state index in [0.29, 0.717) is 17.1 Å². The van der Waals surface area contributed by atoms with Gasteiger partial charge in [0.25, 0.3) is 23.6 Å². The number of nitrogens with zero attached hydrogens (tertiary/aromatic N) is 2. The maximum Gasteiger partial charge on any atom is 1.00 e. The molecule has 2 aliphatic heterocycles. The van der Waals surface area contributed by atoms with Crippen LogP contribution < -0.4 is 34.8 Å². The Hall–Kier alpha value is -1.28. The van der Waals surface area contributed by atoms with E-state index >= 15 is 0 Å². The van der Waals surface area contributed by atoms with Crippen LogP contribution >= 0.6 is 12.0 Å². The van der Waals surface area contributed by atoms with Crippen molar-refractivity contribution in [3.8, 4) is 0 Å². The normalized spacial score (nSPS) is 19.6. The molecule has 0 aliphatic carbocycles. The summed E-state index contributed by atoms with van der Waals surface area (Å²) in [7, 11) is 0. The van der Waals surface area contributed by atoms with E-state index in [4.69, 9.17) is 0 Å². The molecule has 0 saturated carbocycles. The van der Waals surface area contributed by atoms with E-state index in [1.807, 2.05) is 0 Å². The number of hydrogen-bond acceptors (Lipinski definition) is 10. The van der Waals surface area contributed by atoms with Gasteiger partial charge in [0.15, 0.2) is 0 Å². The van der Waals surface area contributed by atoms with Crippen molar-refractivity contribution in [2.24, 2.45) is 0 Å². The Kier molecular flexibility index (Phi) is 8.71. The Bertz CT molecular complexity index is 593. The molecule has 2 rings (SSSR count). The van der Waals surface area contributed by atoms with Gasteiger partial charge in [0.2, 0.25) is 0 Å². The van der Waals surface area contributed by atoms with Crippen LogP contribution in [0.3, 0.4) is 0 Å². The molecule has 25 heavy (non-hydrogen) atoms. The second-order valence-corrected chi connectivity index (χ2v) is 5.58. The summed E-state index contributed by atoms with van der Waals surface area (Å²) in [5, 5.41) is 12.0. The van der Waals surface area contributed by atoms with E-state index in [-0.39, 0.29) is 55.4 Å². The molecule has 0 spiro atoms. The number of amides is 4. The van der Waals surface area contributed by atoms with E-state index in [9.17, 15) is 29.2 Å². The van der Waals surface area contributed by atoms with Crippen molar-refractivity contribution in [2.45, 2.75) is 24.5 Å². The van der Waals surface area contributed by atoms with Crippen LogP contribution in [0.15, 0.2) is 12.2 Å². The molecular formula is C12H11N2NaO9S. The summed E-state index contributed by atoms with van der Waals surface area (Å²) in [5.74, 6) is -3.45. The molecule has 0 aromatic carbocycles. The summed E-state index contributed by atoms with van der Waals surface area (Å²) < 4.78 is 3.98. The van der Waals surface area contributed by atoms with Crippen molar-refractivity contribution in [1.82, 2.24) is 9.96 Å². The van der Waals surface area contributed by atoms with Gasteiger partial charge in [0.1, 0.15) is 5.25 Å². The Labute approximate surface area is 167 Å². The van der Waals surface area contributed by atoms with Crippen molar-refractivity contribution < 1.29 is 73.0 Å². The summed E-state index contributed by atoms with van der Waals surface area (Å²) in [6.07, 6.45) is 1.82. The minimum absolute atomic E-state index is 0. The second kappa shape index (κ2) is 10.0. The summed E-state index contributed by atoms with van der Waals surface area (Å²) in [4.78, 5) is 63.3. The van der Waals surface area contributed by atoms with Gasteiger partial charge in [0, 0.05) is 37.2 Å². The molecule has 0 N–H and O–H groups in total. The number of hydroxylamine groups is 2. The molecule has 0 radical (unpaired) electrons. The maximum absolute atomic E-state index is 11.8. The van der Waals surface area contributed by atoms with Crippen LogP contribution in [-0.2, 0) is 38.2 Å². The Morgan fingerprint density at radius 3 is 2.48 bits per heavy atom. The van der Waals surface area contributed by atoms with Gasteiger partial charge in [-0.15, -0.1) is 5.06 Å². The zero-order valence-electron chi connectivity index (χ0n) is 13.0. The molecule has 1 fully saturated rings. The molecule has 1 saturated heterocycles. The van der Waals surface area contributed by atoms with Crippen LogP contribution in [-0.4, -0.2) is 51.4 Å². The topological polar surface area (TPSA) is 143 Å². The van der Waals surface area contributed by atoms with E-state index in [1.54, 1.807) is 0 Å². The quantitative estimate of drug-likeness (QED) is 0.132. The first-order valence-electron chi connectivity index (χ1n) is 6.67. The van der Waals surface area contributed by atoms with Gasteiger partial charge >= 0.3 is 35.5 Å². The first kappa shape index (κ1) is 21.8. The summed E-state index contributed by atoms with van der Waals surface area (Å²) >= 11 is 0.335. The van der Waals surface area contributed by atoms with Crippen LogP contribution in [0.5, 0.6) is 0 Å². The Morgan fingerprint density at radius 2 is 1.88 bits per heavy atom. The number of carbonyl (C=O) groups excluding carboxylic acids is 5. The van der Waals surface area contributed by atoms with Gasteiger partial charge in [-0.1, -0.05) is 0 Å². The van der Waals surface area contributed by atoms with Crippen molar-refractivity contribution in [3.05, 3.63) is 12.2 Å². The Morgan fingerprint density at radius 1 is 1.24 bits per heavy atom. The molecule has 1 unspecified atom stereocenters. The van der Waals surface area contributed by atoms with Gasteiger partial charge in [0.05, 0.1) is 6.42 Å². The SMILES string of the molecule is O=C(CCCN1C(=O)C=CC1=O)ON1C(=O)CC(SOO[O-])C1=O.[Na+]. The average molecular weight is 382 g/mol. The molecule has 1 atom stereocenters. The third kappa shape index (κ3) is 5.60. The van der Waals surface area contributed by atoms with E-state index in [1.165, 1.54) is 0 Å². The van der Waals surface area contributed by atoms with Gasteiger partial charge in [-0.3, -0.25) is 29.1 Å². The van der Waals surface area contributed by atoms with Crippen molar-refractivity contribution in [3.63, 3.8) is 0 Å². The first-order valence-corrected chi connectivity index (χ1v) is 7.47. The fourth-order valence-electron chi connectivity index (χ4n) is 2.00. The summed E-state index contributed by atoms with van der Waals surface area (Å²) in [5.41, 5.74) is 0. The third-order valence-corrected chi connectivity index (χ3v) is 3.84. The summed E-state index contributed by atoms with van der Waals surface area (Å²) in [6, 6.07) is 0. The first-order chi connectivity index (χ1) is 11.4. The molecule has 13 heteroatoms. The average Bonchev–Trinajstić information content (AvgIpc) is 3.00. The number of rotatable bonds is 8. The standard InChI is InChI=1S/C12H12N2O9S.Na/c15-8-3-4-9(16)13(8)5-1-2-11(18)21-14-10(17)6-7(12(14)19)24-23-22-20;/h3-4,7,20H,1-2,5-6H2;/q;+1/p-1. The van der Waals surface area contributed by atoms with Gasteiger partial charge in [-0.2, -0.15) is 4.33 Å². The van der Waals surface area contributed by atoms with Crippen LogP contribution in [0, 0.1) is 0 Å². The number of imide groups is 2. The predicted molar refractivity (Wildman–Crippen MR) is 71.2 cm³/mol. The van der Waals surface area contributed by atoms with E-state index < -0.39 is 34.8 Å². The fraction of sp³-hybridized carbons (Fsp3) is 0.417. The van der Waals surface area contributed by atoms with Gasteiger partial charge in [-0.05, 0) is 6.42 Å². The largest absolute Gasteiger partial charge is 1.00 e. The van der Waals surface area contributed by atoms with Gasteiger partial charge in [-0.25, -0.2) is 4.79 Å². The molecule has 2 heterocycles. The number of hydrogen-bond donors (Lipinski definition) is 0. The van der Waals surface area contributed by atoms with Crippen LogP contribution in [0.4, 0.5) is 0 Å². The van der Waals surface area contributed by atoms with Crippen molar-refractivity contribution in [1.29, 1.82) is 0 Å². The number of carbonyl (C=O) groups is 5. The minimum atomic E-state index is -1.05. The zero-order chi connectivity index (χ0) is 17.7. The molecule has 11 nitrogen and oxygen atoms in total. The monoisotopic (exact) mass is 382 g/mol. The maximum atomic E-state index is 11.8. The fourth-order valence-corrected chi connectivity index (χ4v) is 2.51. The Balaban J connectivity index is 0.00000312. The molecule has 2 aliphatic rings. The molecule has 0 bridgehead atoms. The van der Waals surface area contributed by atoms with Crippen molar-refractivity contribution >= 4 is 41.6 Å². The molecule has 0 aromatic heterocycles. The summed E-state index contributed by atoms with van der Waals surface area (Å²) in [6.45, 7) is 0.00875. The van der Waals surface area contributed by atoms with Crippen LogP contribution in [0.1, 0.15) is 19.3 Å². The second-order valence-electron chi connectivity index (χ2n) is 4.68. The smallest absolute Gasteiger partial charge is 0.691 e. The van der Waals surface area contributed by atoms with Crippen LogP contribution in [0.25, 0.3) is 0 Å². The molecule has 0 aromatic rings. The van der Waals surface area contributed by atoms with Crippen molar-refractivity contribution in [2.75, 3.05) is 6.54 Å². The zero-order valence-corrected chi connectivity index (χ0v) is 15.9. The third-order valence-electron chi connectivity index (χ3n) is 3.10.